The van der Waals surface area contributed by atoms with Gasteiger partial charge in [-0.3, -0.25) is 10.1 Å². The average molecular weight is 379 g/mol. The molecule has 0 spiro atoms. The smallest absolute Gasteiger partial charge is 0.259 e. The lowest BCUT2D eigenvalue weighted by Gasteiger charge is -1.98. The second-order valence-electron chi connectivity index (χ2n) is 4.85. The largest absolute Gasteiger partial charge is 0.298 e. The first kappa shape index (κ1) is 14.9. The molecule has 0 aliphatic rings. The third kappa shape index (κ3) is 2.70. The molecular weight excluding hydrogens is 371 g/mol. The highest BCUT2D eigenvalue weighted by atomic mass is 35.5. The number of nitrogens with zero attached hydrogens (tertiary/aromatic N) is 1. The predicted molar refractivity (Wildman–Crippen MR) is 99.4 cm³/mol. The number of rotatable bonds is 2. The summed E-state index contributed by atoms with van der Waals surface area (Å²) in [4.78, 5) is 16.8. The molecule has 0 atom stereocenters. The van der Waals surface area contributed by atoms with Crippen LogP contribution in [-0.4, -0.2) is 10.9 Å². The molecule has 114 valence electrons. The van der Waals surface area contributed by atoms with E-state index in [0.29, 0.717) is 19.4 Å². The number of fused-ring (bicyclic) bond motifs is 3. The molecule has 0 aliphatic heterocycles. The van der Waals surface area contributed by atoms with E-state index in [1.807, 2.05) is 24.3 Å². The fraction of sp³-hybridized carbons (Fsp3) is 0. The summed E-state index contributed by atoms with van der Waals surface area (Å²) in [5, 5.41) is 5.61. The van der Waals surface area contributed by atoms with Gasteiger partial charge in [-0.2, -0.15) is 0 Å². The van der Waals surface area contributed by atoms with Crippen molar-refractivity contribution in [1.29, 1.82) is 0 Å². The maximum atomic E-state index is 12.3. The first-order chi connectivity index (χ1) is 11.1. The standard InChI is InChI=1S/C16H8Cl2N2OS2/c17-12-7-10(14(18)22-12)15(21)20-16-19-11-6-5-8-3-1-2-4-9(8)13(11)23-16/h1-7H,(H,19,20,21). The van der Waals surface area contributed by atoms with Gasteiger partial charge < -0.3 is 0 Å². The fourth-order valence-corrected chi connectivity index (χ4v) is 4.82. The van der Waals surface area contributed by atoms with Crippen LogP contribution in [0.4, 0.5) is 5.13 Å². The Morgan fingerprint density at radius 2 is 1.91 bits per heavy atom. The van der Waals surface area contributed by atoms with Crippen molar-refractivity contribution in [3.63, 3.8) is 0 Å². The van der Waals surface area contributed by atoms with Gasteiger partial charge in [0.1, 0.15) is 4.34 Å². The number of thiazole rings is 1. The minimum absolute atomic E-state index is 0.304. The van der Waals surface area contributed by atoms with Gasteiger partial charge in [-0.1, -0.05) is 64.9 Å². The van der Waals surface area contributed by atoms with Crippen molar-refractivity contribution in [2.45, 2.75) is 0 Å². The topological polar surface area (TPSA) is 42.0 Å². The summed E-state index contributed by atoms with van der Waals surface area (Å²) in [5.74, 6) is -0.304. The second-order valence-corrected chi connectivity index (χ2v) is 8.13. The van der Waals surface area contributed by atoms with E-state index in [4.69, 9.17) is 23.2 Å². The summed E-state index contributed by atoms with van der Waals surface area (Å²) in [7, 11) is 0. The SMILES string of the molecule is O=C(Nc1nc2ccc3ccccc3c2s1)c1cc(Cl)sc1Cl. The van der Waals surface area contributed by atoms with Crippen LogP contribution < -0.4 is 5.32 Å². The molecule has 1 amide bonds. The van der Waals surface area contributed by atoms with Crippen LogP contribution in [0.3, 0.4) is 0 Å². The van der Waals surface area contributed by atoms with Gasteiger partial charge in [-0.15, -0.1) is 11.3 Å². The number of thiophene rings is 1. The zero-order valence-corrected chi connectivity index (χ0v) is 14.6. The number of hydrogen-bond donors (Lipinski definition) is 1. The Kier molecular flexibility index (Phi) is 3.73. The summed E-state index contributed by atoms with van der Waals surface area (Å²) in [6.45, 7) is 0. The van der Waals surface area contributed by atoms with Crippen LogP contribution in [0.1, 0.15) is 10.4 Å². The molecule has 2 aromatic carbocycles. The van der Waals surface area contributed by atoms with Crippen LogP contribution in [0.15, 0.2) is 42.5 Å². The third-order valence-corrected chi connectivity index (χ3v) is 5.91. The summed E-state index contributed by atoms with van der Waals surface area (Å²) < 4.78 is 1.90. The maximum absolute atomic E-state index is 12.3. The number of aromatic nitrogens is 1. The van der Waals surface area contributed by atoms with E-state index >= 15 is 0 Å². The Labute approximate surface area is 149 Å². The number of benzene rings is 2. The molecule has 4 aromatic rings. The van der Waals surface area contributed by atoms with Crippen LogP contribution in [0.5, 0.6) is 0 Å². The molecule has 4 rings (SSSR count). The average Bonchev–Trinajstić information content (AvgIpc) is 3.09. The third-order valence-electron chi connectivity index (χ3n) is 3.40. The Hall–Kier alpha value is -1.66. The number of anilines is 1. The van der Waals surface area contributed by atoms with E-state index in [1.54, 1.807) is 6.07 Å². The van der Waals surface area contributed by atoms with Crippen LogP contribution in [0, 0.1) is 0 Å². The van der Waals surface area contributed by atoms with Gasteiger partial charge in [0, 0.05) is 5.39 Å². The Morgan fingerprint density at radius 1 is 1.09 bits per heavy atom. The van der Waals surface area contributed by atoms with Gasteiger partial charge in [-0.25, -0.2) is 4.98 Å². The van der Waals surface area contributed by atoms with Crippen molar-refractivity contribution in [3.8, 4) is 0 Å². The summed E-state index contributed by atoms with van der Waals surface area (Å²) in [6.07, 6.45) is 0. The number of carbonyl (C=O) groups excluding carboxylic acids is 1. The molecule has 2 heterocycles. The molecule has 0 saturated carbocycles. The molecule has 2 aromatic heterocycles. The van der Waals surface area contributed by atoms with Gasteiger partial charge in [0.05, 0.1) is 20.1 Å². The van der Waals surface area contributed by atoms with E-state index < -0.39 is 0 Å². The monoisotopic (exact) mass is 378 g/mol. The minimum Gasteiger partial charge on any atom is -0.298 e. The summed E-state index contributed by atoms with van der Waals surface area (Å²) >= 11 is 14.5. The van der Waals surface area contributed by atoms with Crippen molar-refractivity contribution < 1.29 is 4.79 Å². The van der Waals surface area contributed by atoms with E-state index in [1.165, 1.54) is 22.7 Å². The predicted octanol–water partition coefficient (Wildman–Crippen LogP) is 6.07. The molecular formula is C16H8Cl2N2OS2. The highest BCUT2D eigenvalue weighted by Crippen LogP contribution is 2.34. The lowest BCUT2D eigenvalue weighted by molar-refractivity contribution is 0.102. The zero-order valence-electron chi connectivity index (χ0n) is 11.5. The number of nitrogens with one attached hydrogen (secondary N) is 1. The van der Waals surface area contributed by atoms with Crippen LogP contribution in [-0.2, 0) is 0 Å². The quantitative estimate of drug-likeness (QED) is 0.459. The van der Waals surface area contributed by atoms with Crippen LogP contribution in [0.25, 0.3) is 21.0 Å². The molecule has 0 unspecified atom stereocenters. The van der Waals surface area contributed by atoms with Gasteiger partial charge in [0.15, 0.2) is 5.13 Å². The number of halogens is 2. The molecule has 3 nitrogen and oxygen atoms in total. The second kappa shape index (κ2) is 5.76. The fourth-order valence-electron chi connectivity index (χ4n) is 2.37. The highest BCUT2D eigenvalue weighted by molar-refractivity contribution is 7.23. The van der Waals surface area contributed by atoms with Gasteiger partial charge >= 0.3 is 0 Å². The number of amides is 1. The van der Waals surface area contributed by atoms with E-state index in [-0.39, 0.29) is 5.91 Å². The number of hydrogen-bond acceptors (Lipinski definition) is 4. The molecule has 0 bridgehead atoms. The van der Waals surface area contributed by atoms with Gasteiger partial charge in [0.2, 0.25) is 0 Å². The normalized spacial score (nSPS) is 11.2. The minimum atomic E-state index is -0.304. The molecule has 7 heteroatoms. The van der Waals surface area contributed by atoms with Crippen molar-refractivity contribution in [3.05, 3.63) is 56.7 Å². The lowest BCUT2D eigenvalue weighted by atomic mass is 10.1. The van der Waals surface area contributed by atoms with Crippen molar-refractivity contribution >= 4 is 77.9 Å². The Balaban J connectivity index is 1.73. The Morgan fingerprint density at radius 3 is 2.70 bits per heavy atom. The van der Waals surface area contributed by atoms with Gasteiger partial charge in [-0.05, 0) is 17.5 Å². The highest BCUT2D eigenvalue weighted by Gasteiger charge is 2.16. The van der Waals surface area contributed by atoms with Gasteiger partial charge in [0.25, 0.3) is 5.91 Å². The van der Waals surface area contributed by atoms with Crippen LogP contribution >= 0.6 is 45.9 Å². The first-order valence-electron chi connectivity index (χ1n) is 6.66. The molecule has 0 aliphatic carbocycles. The van der Waals surface area contributed by atoms with E-state index in [9.17, 15) is 4.79 Å². The van der Waals surface area contributed by atoms with Crippen molar-refractivity contribution in [2.24, 2.45) is 0 Å². The summed E-state index contributed by atoms with van der Waals surface area (Å²) in [5.41, 5.74) is 1.23. The maximum Gasteiger partial charge on any atom is 0.259 e. The zero-order chi connectivity index (χ0) is 16.0. The molecule has 0 saturated heterocycles. The van der Waals surface area contributed by atoms with Crippen LogP contribution in [0.2, 0.25) is 8.67 Å². The summed E-state index contributed by atoms with van der Waals surface area (Å²) in [6, 6.07) is 13.6. The molecule has 23 heavy (non-hydrogen) atoms. The number of carbonyl (C=O) groups is 1. The lowest BCUT2D eigenvalue weighted by Crippen LogP contribution is -2.10. The molecule has 0 fully saturated rings. The van der Waals surface area contributed by atoms with Crippen molar-refractivity contribution in [1.82, 2.24) is 4.98 Å². The van der Waals surface area contributed by atoms with E-state index in [0.717, 1.165) is 21.0 Å². The molecule has 0 radical (unpaired) electrons. The molecule has 1 N–H and O–H groups in total. The Bertz CT molecular complexity index is 1050. The van der Waals surface area contributed by atoms with E-state index in [2.05, 4.69) is 22.4 Å². The first-order valence-corrected chi connectivity index (χ1v) is 9.05. The van der Waals surface area contributed by atoms with Crippen molar-refractivity contribution in [2.75, 3.05) is 5.32 Å².